The molecule has 0 aliphatic carbocycles. The van der Waals surface area contributed by atoms with Gasteiger partial charge in [-0.3, -0.25) is 4.99 Å². The zero-order valence-electron chi connectivity index (χ0n) is 6.56. The van der Waals surface area contributed by atoms with Crippen LogP contribution in [0.1, 0.15) is 39.5 Å². The molecule has 0 bridgehead atoms. The molecule has 0 amide bonds. The molecule has 0 aromatic carbocycles. The number of unbranched alkanes of at least 4 members (excludes halogenated alkanes) is 3. The zero-order chi connectivity index (χ0) is 6.95. The molecule has 0 atom stereocenters. The lowest BCUT2D eigenvalue weighted by Gasteiger charge is -1.92. The highest BCUT2D eigenvalue weighted by Gasteiger charge is 1.82. The van der Waals surface area contributed by atoms with Crippen LogP contribution in [0.4, 0.5) is 0 Å². The Labute approximate surface area is 58.2 Å². The molecule has 0 radical (unpaired) electrons. The Hall–Kier alpha value is -0.330. The van der Waals surface area contributed by atoms with Crippen molar-refractivity contribution in [1.82, 2.24) is 0 Å². The first-order valence-corrected chi connectivity index (χ1v) is 3.86. The first-order chi connectivity index (χ1) is 4.41. The minimum absolute atomic E-state index is 1.02. The van der Waals surface area contributed by atoms with Crippen molar-refractivity contribution < 1.29 is 0 Å². The van der Waals surface area contributed by atoms with Gasteiger partial charge in [-0.15, -0.1) is 0 Å². The Kier molecular flexibility index (Phi) is 7.39. The molecule has 0 aromatic heterocycles. The van der Waals surface area contributed by atoms with Crippen LogP contribution in [0, 0.1) is 0 Å². The molecule has 0 rings (SSSR count). The molecule has 0 unspecified atom stereocenters. The summed E-state index contributed by atoms with van der Waals surface area (Å²) < 4.78 is 0. The quantitative estimate of drug-likeness (QED) is 0.397. The van der Waals surface area contributed by atoms with Crippen LogP contribution in [0.2, 0.25) is 0 Å². The number of aliphatic imine (C=N–C) groups is 1. The van der Waals surface area contributed by atoms with Crippen molar-refractivity contribution in [3.05, 3.63) is 0 Å². The molecule has 0 aromatic rings. The predicted molar refractivity (Wildman–Crippen MR) is 43.2 cm³/mol. The average molecular weight is 127 g/mol. The van der Waals surface area contributed by atoms with Gasteiger partial charge in [0, 0.05) is 6.54 Å². The van der Waals surface area contributed by atoms with Crippen molar-refractivity contribution in [2.75, 3.05) is 6.54 Å². The molecule has 0 N–H and O–H groups in total. The molecule has 54 valence electrons. The van der Waals surface area contributed by atoms with E-state index in [0.717, 1.165) is 6.54 Å². The third-order valence-corrected chi connectivity index (χ3v) is 1.32. The van der Waals surface area contributed by atoms with E-state index in [1.807, 2.05) is 13.1 Å². The van der Waals surface area contributed by atoms with E-state index < -0.39 is 0 Å². The second kappa shape index (κ2) is 7.67. The smallest absolute Gasteiger partial charge is 0.0385 e. The fraction of sp³-hybridized carbons (Fsp3) is 0.875. The van der Waals surface area contributed by atoms with Crippen LogP contribution in [0.15, 0.2) is 4.99 Å². The summed E-state index contributed by atoms with van der Waals surface area (Å²) >= 11 is 0. The van der Waals surface area contributed by atoms with E-state index in [1.54, 1.807) is 0 Å². The lowest BCUT2D eigenvalue weighted by atomic mass is 10.2. The Morgan fingerprint density at radius 1 is 1.22 bits per heavy atom. The van der Waals surface area contributed by atoms with Gasteiger partial charge in [0.1, 0.15) is 0 Å². The monoisotopic (exact) mass is 127 g/mol. The van der Waals surface area contributed by atoms with E-state index in [4.69, 9.17) is 0 Å². The molecule has 0 saturated heterocycles. The van der Waals surface area contributed by atoms with Crippen molar-refractivity contribution in [3.8, 4) is 0 Å². The van der Waals surface area contributed by atoms with Gasteiger partial charge in [0.2, 0.25) is 0 Å². The largest absolute Gasteiger partial charge is 0.298 e. The molecule has 1 heteroatoms. The van der Waals surface area contributed by atoms with Gasteiger partial charge in [-0.1, -0.05) is 26.2 Å². The van der Waals surface area contributed by atoms with Gasteiger partial charge < -0.3 is 0 Å². The first kappa shape index (κ1) is 8.67. The van der Waals surface area contributed by atoms with Crippen LogP contribution in [0.3, 0.4) is 0 Å². The van der Waals surface area contributed by atoms with Gasteiger partial charge in [-0.2, -0.15) is 0 Å². The Morgan fingerprint density at radius 2 is 2.00 bits per heavy atom. The van der Waals surface area contributed by atoms with E-state index in [2.05, 4.69) is 11.9 Å². The maximum atomic E-state index is 4.12. The standard InChI is InChI=1S/C8H17N/c1-3-5-6-7-8-9-4-2/h4H,3,5-8H2,1-2H3. The number of hydrogen-bond donors (Lipinski definition) is 0. The van der Waals surface area contributed by atoms with Crippen molar-refractivity contribution in [2.24, 2.45) is 4.99 Å². The minimum Gasteiger partial charge on any atom is -0.298 e. The number of nitrogens with zero attached hydrogens (tertiary/aromatic N) is 1. The van der Waals surface area contributed by atoms with E-state index in [-0.39, 0.29) is 0 Å². The average Bonchev–Trinajstić information content (AvgIpc) is 1.89. The minimum atomic E-state index is 1.02. The molecule has 0 saturated carbocycles. The summed E-state index contributed by atoms with van der Waals surface area (Å²) in [6.45, 7) is 5.22. The molecule has 0 spiro atoms. The van der Waals surface area contributed by atoms with Crippen molar-refractivity contribution in [3.63, 3.8) is 0 Å². The van der Waals surface area contributed by atoms with Crippen LogP contribution in [0.5, 0.6) is 0 Å². The van der Waals surface area contributed by atoms with Crippen LogP contribution in [-0.2, 0) is 0 Å². The van der Waals surface area contributed by atoms with E-state index >= 15 is 0 Å². The van der Waals surface area contributed by atoms with E-state index in [1.165, 1.54) is 25.7 Å². The Balaban J connectivity index is 2.75. The maximum absolute atomic E-state index is 4.12. The molecular formula is C8H17N. The lowest BCUT2D eigenvalue weighted by Crippen LogP contribution is -1.80. The third kappa shape index (κ3) is 7.67. The maximum Gasteiger partial charge on any atom is 0.0385 e. The molecular weight excluding hydrogens is 110 g/mol. The summed E-state index contributed by atoms with van der Waals surface area (Å²) in [6.07, 6.45) is 7.16. The Bertz CT molecular complexity index is 67.0. The first-order valence-electron chi connectivity index (χ1n) is 3.86. The molecule has 0 fully saturated rings. The molecule has 0 aliphatic heterocycles. The summed E-state index contributed by atoms with van der Waals surface area (Å²) in [4.78, 5) is 4.12. The molecule has 0 aliphatic rings. The highest BCUT2D eigenvalue weighted by molar-refractivity contribution is 5.53. The van der Waals surface area contributed by atoms with Crippen LogP contribution in [0.25, 0.3) is 0 Å². The van der Waals surface area contributed by atoms with Gasteiger partial charge in [0.15, 0.2) is 0 Å². The van der Waals surface area contributed by atoms with Gasteiger partial charge in [0.05, 0.1) is 0 Å². The summed E-state index contributed by atoms with van der Waals surface area (Å²) in [7, 11) is 0. The fourth-order valence-corrected chi connectivity index (χ4v) is 0.759. The molecule has 1 nitrogen and oxygen atoms in total. The fourth-order valence-electron chi connectivity index (χ4n) is 0.759. The van der Waals surface area contributed by atoms with Gasteiger partial charge in [-0.05, 0) is 19.6 Å². The van der Waals surface area contributed by atoms with Gasteiger partial charge in [0.25, 0.3) is 0 Å². The van der Waals surface area contributed by atoms with Crippen molar-refractivity contribution in [1.29, 1.82) is 0 Å². The zero-order valence-corrected chi connectivity index (χ0v) is 6.56. The van der Waals surface area contributed by atoms with E-state index in [9.17, 15) is 0 Å². The summed E-state index contributed by atoms with van der Waals surface area (Å²) in [6, 6.07) is 0. The Morgan fingerprint density at radius 3 is 2.56 bits per heavy atom. The second-order valence-electron chi connectivity index (χ2n) is 2.23. The molecule has 9 heavy (non-hydrogen) atoms. The van der Waals surface area contributed by atoms with E-state index in [0.29, 0.717) is 0 Å². The van der Waals surface area contributed by atoms with Crippen molar-refractivity contribution in [2.45, 2.75) is 39.5 Å². The highest BCUT2D eigenvalue weighted by Crippen LogP contribution is 1.97. The normalized spacial score (nSPS) is 10.9. The topological polar surface area (TPSA) is 12.4 Å². The van der Waals surface area contributed by atoms with Crippen LogP contribution < -0.4 is 0 Å². The summed E-state index contributed by atoms with van der Waals surface area (Å²) in [5.74, 6) is 0. The van der Waals surface area contributed by atoms with Gasteiger partial charge in [-0.25, -0.2) is 0 Å². The number of hydrogen-bond acceptors (Lipinski definition) is 1. The summed E-state index contributed by atoms with van der Waals surface area (Å²) in [5, 5.41) is 0. The highest BCUT2D eigenvalue weighted by atomic mass is 14.7. The lowest BCUT2D eigenvalue weighted by molar-refractivity contribution is 0.676. The third-order valence-electron chi connectivity index (χ3n) is 1.32. The van der Waals surface area contributed by atoms with Crippen LogP contribution in [-0.4, -0.2) is 12.8 Å². The summed E-state index contributed by atoms with van der Waals surface area (Å²) in [5.41, 5.74) is 0. The number of rotatable bonds is 5. The SMILES string of the molecule is CC=NCCCCCC. The van der Waals surface area contributed by atoms with Crippen LogP contribution >= 0.6 is 0 Å². The van der Waals surface area contributed by atoms with Crippen molar-refractivity contribution >= 4 is 6.21 Å². The predicted octanol–water partition coefficient (Wildman–Crippen LogP) is 2.66. The molecule has 0 heterocycles. The second-order valence-corrected chi connectivity index (χ2v) is 2.23. The van der Waals surface area contributed by atoms with Gasteiger partial charge >= 0.3 is 0 Å².